The van der Waals surface area contributed by atoms with Gasteiger partial charge in [-0.2, -0.15) is 0 Å². The first kappa shape index (κ1) is 31.1. The van der Waals surface area contributed by atoms with Gasteiger partial charge in [-0.05, 0) is 62.2 Å². The molecule has 2 aromatic rings. The summed E-state index contributed by atoms with van der Waals surface area (Å²) in [6.45, 7) is 22.3. The van der Waals surface area contributed by atoms with Crippen molar-refractivity contribution in [2.75, 3.05) is 38.0 Å². The van der Waals surface area contributed by atoms with Crippen LogP contribution in [-0.2, 0) is 16.0 Å². The third-order valence-electron chi connectivity index (χ3n) is 3.88. The molecule has 186 valence electrons. The van der Waals surface area contributed by atoms with Gasteiger partial charge in [0.2, 0.25) is 0 Å². The van der Waals surface area contributed by atoms with Crippen molar-refractivity contribution in [2.45, 2.75) is 59.9 Å². The second-order valence-corrected chi connectivity index (χ2v) is 8.39. The van der Waals surface area contributed by atoms with E-state index in [1.807, 2.05) is 26.8 Å². The van der Waals surface area contributed by atoms with Gasteiger partial charge in [0, 0.05) is 37.3 Å². The lowest BCUT2D eigenvalue weighted by atomic mass is 10.2. The average Bonchev–Trinajstić information content (AvgIpc) is 2.83. The number of hydrogen-bond donors (Lipinski definition) is 1. The third kappa shape index (κ3) is 14.8. The van der Waals surface area contributed by atoms with E-state index in [2.05, 4.69) is 78.3 Å². The second kappa shape index (κ2) is 20.7. The molecule has 1 aromatic carbocycles. The fourth-order valence-corrected chi connectivity index (χ4v) is 3.09. The van der Waals surface area contributed by atoms with Crippen LogP contribution in [0.1, 0.15) is 54.0 Å². The summed E-state index contributed by atoms with van der Waals surface area (Å²) in [5, 5.41) is 0. The molecule has 0 aliphatic carbocycles. The fourth-order valence-electron chi connectivity index (χ4n) is 2.47. The molecule has 0 aliphatic heterocycles. The Hall–Kier alpha value is -1.93. The Bertz CT molecular complexity index is 724. The number of pyridine rings is 1. The Morgan fingerprint density at radius 1 is 1.09 bits per heavy atom. The van der Waals surface area contributed by atoms with Crippen molar-refractivity contribution in [3.05, 3.63) is 48.3 Å². The van der Waals surface area contributed by atoms with Gasteiger partial charge in [0.15, 0.2) is 0 Å². The summed E-state index contributed by atoms with van der Waals surface area (Å²) in [4.78, 5) is 11.6. The van der Waals surface area contributed by atoms with Gasteiger partial charge in [0.25, 0.3) is 0 Å². The summed E-state index contributed by atoms with van der Waals surface area (Å²) in [6, 6.07) is 10.5. The lowest BCUT2D eigenvalue weighted by molar-refractivity contribution is -0.0469. The SMILES string of the molecule is C=Nc1cnccc1N(CC)Cc1ccc(SNCCOCOCC)cc1.CC.CC(C)C. The molecule has 1 heterocycles. The smallest absolute Gasteiger partial charge is 0.146 e. The van der Waals surface area contributed by atoms with E-state index in [4.69, 9.17) is 9.47 Å². The zero-order valence-electron chi connectivity index (χ0n) is 21.6. The molecule has 2 rings (SSSR count). The summed E-state index contributed by atoms with van der Waals surface area (Å²) in [5.41, 5.74) is 3.10. The van der Waals surface area contributed by atoms with E-state index in [1.165, 1.54) is 10.5 Å². The predicted octanol–water partition coefficient (Wildman–Crippen LogP) is 6.74. The minimum absolute atomic E-state index is 0.353. The highest BCUT2D eigenvalue weighted by atomic mass is 32.2. The van der Waals surface area contributed by atoms with Gasteiger partial charge in [-0.15, -0.1) is 0 Å². The molecule has 0 saturated heterocycles. The number of benzene rings is 1. The number of ether oxygens (including phenoxy) is 2. The van der Waals surface area contributed by atoms with Crippen LogP contribution in [0.25, 0.3) is 0 Å². The minimum Gasteiger partial charge on any atom is -0.366 e. The van der Waals surface area contributed by atoms with Gasteiger partial charge in [0.05, 0.1) is 18.5 Å². The number of aromatic nitrogens is 1. The van der Waals surface area contributed by atoms with Crippen LogP contribution in [0.15, 0.2) is 52.6 Å². The monoisotopic (exact) mass is 476 g/mol. The first-order valence-corrected chi connectivity index (χ1v) is 12.6. The Balaban J connectivity index is 0.00000154. The van der Waals surface area contributed by atoms with Crippen LogP contribution in [0.5, 0.6) is 0 Å². The number of nitrogens with one attached hydrogen (secondary N) is 1. The van der Waals surface area contributed by atoms with Crippen molar-refractivity contribution in [1.82, 2.24) is 9.71 Å². The minimum atomic E-state index is 0.353. The van der Waals surface area contributed by atoms with E-state index in [0.717, 1.165) is 36.9 Å². The van der Waals surface area contributed by atoms with E-state index in [9.17, 15) is 0 Å². The Labute approximate surface area is 206 Å². The van der Waals surface area contributed by atoms with E-state index in [0.29, 0.717) is 20.0 Å². The number of aliphatic imine (C=N–C) groups is 1. The fraction of sp³-hybridized carbons (Fsp3) is 0.538. The summed E-state index contributed by atoms with van der Waals surface area (Å²) in [6.07, 6.45) is 3.53. The maximum absolute atomic E-state index is 5.33. The molecular weight excluding hydrogens is 432 g/mol. The molecule has 0 atom stereocenters. The van der Waals surface area contributed by atoms with Crippen LogP contribution in [-0.4, -0.2) is 44.8 Å². The molecule has 0 unspecified atom stereocenters. The van der Waals surface area contributed by atoms with Gasteiger partial charge in [-0.25, -0.2) is 0 Å². The molecule has 1 aromatic heterocycles. The van der Waals surface area contributed by atoms with E-state index in [1.54, 1.807) is 24.3 Å². The average molecular weight is 477 g/mol. The maximum Gasteiger partial charge on any atom is 0.146 e. The lowest BCUT2D eigenvalue weighted by Gasteiger charge is -2.24. The molecular formula is C26H44N4O2S. The van der Waals surface area contributed by atoms with Crippen LogP contribution in [0.3, 0.4) is 0 Å². The van der Waals surface area contributed by atoms with Crippen molar-refractivity contribution in [2.24, 2.45) is 10.9 Å². The Morgan fingerprint density at radius 2 is 1.76 bits per heavy atom. The normalized spacial score (nSPS) is 10.1. The highest BCUT2D eigenvalue weighted by Crippen LogP contribution is 2.28. The molecule has 0 bridgehead atoms. The van der Waals surface area contributed by atoms with E-state index in [-0.39, 0.29) is 0 Å². The Kier molecular flexibility index (Phi) is 19.5. The molecule has 7 heteroatoms. The summed E-state index contributed by atoms with van der Waals surface area (Å²) in [7, 11) is 0. The zero-order chi connectivity index (χ0) is 24.9. The van der Waals surface area contributed by atoms with Crippen molar-refractivity contribution in [3.63, 3.8) is 0 Å². The first-order chi connectivity index (χ1) is 16.0. The molecule has 0 spiro atoms. The topological polar surface area (TPSA) is 59.0 Å². The first-order valence-electron chi connectivity index (χ1n) is 11.8. The van der Waals surface area contributed by atoms with Crippen LogP contribution >= 0.6 is 11.9 Å². The Morgan fingerprint density at radius 3 is 2.33 bits per heavy atom. The summed E-state index contributed by atoms with van der Waals surface area (Å²) in [5.74, 6) is 0.833. The number of hydrogen-bond acceptors (Lipinski definition) is 7. The maximum atomic E-state index is 5.33. The standard InChI is InChI=1S/C20H28N4O2S.C4H10.C2H6/c1-4-24(20-10-11-22-14-19(20)21-3)15-17-6-8-18(9-7-17)27-23-12-13-26-16-25-5-2;1-4(2)3;1-2/h6-11,14,23H,3-5,12-13,15-16H2,1-2H3;4H,1-3H3;1-2H3. The van der Waals surface area contributed by atoms with Crippen LogP contribution in [0.4, 0.5) is 11.4 Å². The number of rotatable bonds is 13. The molecule has 0 radical (unpaired) electrons. The molecule has 0 aliphatic rings. The van der Waals surface area contributed by atoms with Crippen LogP contribution < -0.4 is 9.62 Å². The zero-order valence-corrected chi connectivity index (χ0v) is 22.5. The number of anilines is 1. The molecule has 0 amide bonds. The van der Waals surface area contributed by atoms with Crippen LogP contribution in [0, 0.1) is 5.92 Å². The van der Waals surface area contributed by atoms with E-state index >= 15 is 0 Å². The lowest BCUT2D eigenvalue weighted by Crippen LogP contribution is -2.22. The largest absolute Gasteiger partial charge is 0.366 e. The van der Waals surface area contributed by atoms with Gasteiger partial charge < -0.3 is 14.4 Å². The van der Waals surface area contributed by atoms with Gasteiger partial charge >= 0.3 is 0 Å². The quantitative estimate of drug-likeness (QED) is 0.150. The highest BCUT2D eigenvalue weighted by Gasteiger charge is 2.10. The van der Waals surface area contributed by atoms with Gasteiger partial charge in [-0.3, -0.25) is 14.7 Å². The van der Waals surface area contributed by atoms with Crippen LogP contribution in [0.2, 0.25) is 0 Å². The van der Waals surface area contributed by atoms with Crippen molar-refractivity contribution in [3.8, 4) is 0 Å². The number of nitrogens with zero attached hydrogens (tertiary/aromatic N) is 3. The highest BCUT2D eigenvalue weighted by molar-refractivity contribution is 7.97. The molecule has 6 nitrogen and oxygen atoms in total. The third-order valence-corrected chi connectivity index (χ3v) is 4.73. The molecule has 0 fully saturated rings. The molecule has 1 N–H and O–H groups in total. The van der Waals surface area contributed by atoms with Gasteiger partial charge in [-0.1, -0.05) is 46.8 Å². The summed E-state index contributed by atoms with van der Waals surface area (Å²) < 4.78 is 13.7. The molecule has 33 heavy (non-hydrogen) atoms. The van der Waals surface area contributed by atoms with Crippen molar-refractivity contribution >= 4 is 30.0 Å². The van der Waals surface area contributed by atoms with Gasteiger partial charge in [0.1, 0.15) is 12.5 Å². The van der Waals surface area contributed by atoms with Crippen molar-refractivity contribution in [1.29, 1.82) is 0 Å². The molecule has 0 saturated carbocycles. The summed E-state index contributed by atoms with van der Waals surface area (Å²) >= 11 is 1.60. The van der Waals surface area contributed by atoms with E-state index < -0.39 is 0 Å². The van der Waals surface area contributed by atoms with Crippen molar-refractivity contribution < 1.29 is 9.47 Å². The predicted molar refractivity (Wildman–Crippen MR) is 145 cm³/mol. The second-order valence-electron chi connectivity index (χ2n) is 7.43.